The van der Waals surface area contributed by atoms with E-state index in [9.17, 15) is 0 Å². The molecule has 0 unspecified atom stereocenters. The van der Waals surface area contributed by atoms with Gasteiger partial charge in [0.1, 0.15) is 0 Å². The van der Waals surface area contributed by atoms with Crippen molar-refractivity contribution in [3.05, 3.63) is 72.8 Å². The normalized spacial score (nSPS) is 11.2. The lowest BCUT2D eigenvalue weighted by molar-refractivity contribution is 0.186. The smallest absolute Gasteiger partial charge is 0.0662 e. The van der Waals surface area contributed by atoms with Crippen LogP contribution in [-0.4, -0.2) is 23.4 Å². The highest BCUT2D eigenvalue weighted by Gasteiger charge is 2.11. The molecule has 2 nitrogen and oxygen atoms in total. The molecule has 24 heavy (non-hydrogen) atoms. The van der Waals surface area contributed by atoms with E-state index in [4.69, 9.17) is 10.2 Å². The number of aliphatic hydroxyl groups is 2. The monoisotopic (exact) mass is 314 g/mol. The van der Waals surface area contributed by atoms with Gasteiger partial charge in [-0.3, -0.25) is 0 Å². The van der Waals surface area contributed by atoms with Crippen molar-refractivity contribution in [3.8, 4) is 0 Å². The Morgan fingerprint density at radius 2 is 0.750 bits per heavy atom. The van der Waals surface area contributed by atoms with Crippen LogP contribution in [0.15, 0.2) is 72.8 Å². The number of benzene rings is 5. The van der Waals surface area contributed by atoms with Crippen molar-refractivity contribution in [2.75, 3.05) is 13.2 Å². The van der Waals surface area contributed by atoms with Gasteiger partial charge in [-0.2, -0.15) is 0 Å². The van der Waals surface area contributed by atoms with Crippen LogP contribution in [0.1, 0.15) is 0 Å². The largest absolute Gasteiger partial charge is 0.394 e. The molecular formula is C22H18O2. The van der Waals surface area contributed by atoms with Crippen LogP contribution < -0.4 is 0 Å². The van der Waals surface area contributed by atoms with Crippen LogP contribution in [0, 0.1) is 0 Å². The molecular weight excluding hydrogens is 296 g/mol. The molecule has 5 aromatic rings. The van der Waals surface area contributed by atoms with Gasteiger partial charge in [-0.15, -0.1) is 0 Å². The number of hydrogen-bond donors (Lipinski definition) is 2. The van der Waals surface area contributed by atoms with Crippen molar-refractivity contribution in [1.82, 2.24) is 0 Å². The Bertz CT molecular complexity index is 957. The van der Waals surface area contributed by atoms with E-state index in [2.05, 4.69) is 72.8 Å². The Kier molecular flexibility index (Phi) is 3.77. The van der Waals surface area contributed by atoms with Crippen molar-refractivity contribution < 1.29 is 10.2 Å². The summed E-state index contributed by atoms with van der Waals surface area (Å²) in [6.45, 7) is -0.250. The molecule has 0 heterocycles. The van der Waals surface area contributed by atoms with Gasteiger partial charge in [-0.1, -0.05) is 72.8 Å². The van der Waals surface area contributed by atoms with Crippen LogP contribution in [0.4, 0.5) is 0 Å². The first-order valence-corrected chi connectivity index (χ1v) is 8.11. The second-order valence-electron chi connectivity index (χ2n) is 5.87. The molecule has 5 aromatic carbocycles. The average Bonchev–Trinajstić information content (AvgIpc) is 2.66. The zero-order valence-corrected chi connectivity index (χ0v) is 13.2. The molecule has 5 rings (SSSR count). The third-order valence-electron chi connectivity index (χ3n) is 4.49. The summed E-state index contributed by atoms with van der Waals surface area (Å²) in [4.78, 5) is 0. The SMILES string of the molecule is OCCO.c1cc2cccc3c4cccc5cccc(c(c1)c23)c54. The summed E-state index contributed by atoms with van der Waals surface area (Å²) in [5, 5.41) is 26.1. The molecule has 0 fully saturated rings. The summed E-state index contributed by atoms with van der Waals surface area (Å²) < 4.78 is 0. The Balaban J connectivity index is 0.000000332. The zero-order valence-electron chi connectivity index (χ0n) is 13.2. The molecule has 0 amide bonds. The van der Waals surface area contributed by atoms with E-state index in [1.54, 1.807) is 0 Å². The molecule has 2 heteroatoms. The van der Waals surface area contributed by atoms with Gasteiger partial charge < -0.3 is 10.2 Å². The summed E-state index contributed by atoms with van der Waals surface area (Å²) in [5.74, 6) is 0. The Morgan fingerprint density at radius 3 is 1.00 bits per heavy atom. The number of hydrogen-bond acceptors (Lipinski definition) is 2. The van der Waals surface area contributed by atoms with Gasteiger partial charge in [-0.25, -0.2) is 0 Å². The van der Waals surface area contributed by atoms with Gasteiger partial charge in [0, 0.05) is 0 Å². The fourth-order valence-corrected chi connectivity index (χ4v) is 3.58. The van der Waals surface area contributed by atoms with Gasteiger partial charge in [-0.05, 0) is 43.1 Å². The molecule has 0 atom stereocenters. The predicted molar refractivity (Wildman–Crippen MR) is 102 cm³/mol. The van der Waals surface area contributed by atoms with E-state index in [1.807, 2.05) is 0 Å². The zero-order chi connectivity index (χ0) is 16.5. The number of aliphatic hydroxyl groups excluding tert-OH is 2. The van der Waals surface area contributed by atoms with Crippen LogP contribution in [0.3, 0.4) is 0 Å². The topological polar surface area (TPSA) is 40.5 Å². The van der Waals surface area contributed by atoms with Crippen molar-refractivity contribution >= 4 is 43.1 Å². The fourth-order valence-electron chi connectivity index (χ4n) is 3.58. The average molecular weight is 314 g/mol. The van der Waals surface area contributed by atoms with Crippen molar-refractivity contribution in [2.45, 2.75) is 0 Å². The first kappa shape index (κ1) is 14.9. The molecule has 0 radical (unpaired) electrons. The van der Waals surface area contributed by atoms with Crippen LogP contribution in [0.25, 0.3) is 43.1 Å². The maximum absolute atomic E-state index is 7.62. The van der Waals surface area contributed by atoms with E-state index in [0.29, 0.717) is 0 Å². The maximum atomic E-state index is 7.62. The second-order valence-corrected chi connectivity index (χ2v) is 5.87. The summed E-state index contributed by atoms with van der Waals surface area (Å²) >= 11 is 0. The van der Waals surface area contributed by atoms with Gasteiger partial charge >= 0.3 is 0 Å². The Labute approximate surface area is 139 Å². The first-order chi connectivity index (χ1) is 11.8. The predicted octanol–water partition coefficient (Wildman–Crippen LogP) is 4.71. The van der Waals surface area contributed by atoms with Gasteiger partial charge in [0.05, 0.1) is 13.2 Å². The molecule has 0 aliphatic carbocycles. The third-order valence-corrected chi connectivity index (χ3v) is 4.49. The Morgan fingerprint density at radius 1 is 0.458 bits per heavy atom. The van der Waals surface area contributed by atoms with Gasteiger partial charge in [0.2, 0.25) is 0 Å². The van der Waals surface area contributed by atoms with E-state index in [1.165, 1.54) is 43.1 Å². The highest BCUT2D eigenvalue weighted by molar-refractivity contribution is 6.32. The minimum atomic E-state index is -0.125. The minimum absolute atomic E-state index is 0.125. The fraction of sp³-hybridized carbons (Fsp3) is 0.0909. The van der Waals surface area contributed by atoms with E-state index < -0.39 is 0 Å². The summed E-state index contributed by atoms with van der Waals surface area (Å²) in [7, 11) is 0. The standard InChI is InChI=1S/C20H12.C2H6O2/c1-5-13-6-2-11-17-18-12-4-8-14-7-3-10-16(20(14)18)15(9-1)19(13)17;3-1-2-4/h1-12H;3-4H,1-2H2. The third kappa shape index (κ3) is 2.20. The van der Waals surface area contributed by atoms with Crippen LogP contribution in [0.5, 0.6) is 0 Å². The van der Waals surface area contributed by atoms with Gasteiger partial charge in [0.15, 0.2) is 0 Å². The summed E-state index contributed by atoms with van der Waals surface area (Å²) in [6, 6.07) is 26.4. The molecule has 118 valence electrons. The van der Waals surface area contributed by atoms with Crippen LogP contribution in [0.2, 0.25) is 0 Å². The molecule has 2 N–H and O–H groups in total. The molecule has 0 saturated carbocycles. The molecule has 0 aliphatic rings. The minimum Gasteiger partial charge on any atom is -0.394 e. The number of fused-ring (bicyclic) bond motifs is 2. The molecule has 0 bridgehead atoms. The van der Waals surface area contributed by atoms with Crippen LogP contribution >= 0.6 is 0 Å². The highest BCUT2D eigenvalue weighted by atomic mass is 16.3. The molecule has 0 aromatic heterocycles. The molecule has 0 saturated heterocycles. The first-order valence-electron chi connectivity index (χ1n) is 8.11. The highest BCUT2D eigenvalue weighted by Crippen LogP contribution is 2.39. The second kappa shape index (κ2) is 6.08. The molecule has 0 spiro atoms. The lowest BCUT2D eigenvalue weighted by Crippen LogP contribution is -1.85. The van der Waals surface area contributed by atoms with E-state index in [-0.39, 0.29) is 13.2 Å². The Hall–Kier alpha value is -2.68. The van der Waals surface area contributed by atoms with Crippen LogP contribution in [-0.2, 0) is 0 Å². The van der Waals surface area contributed by atoms with Crippen molar-refractivity contribution in [2.24, 2.45) is 0 Å². The lowest BCUT2D eigenvalue weighted by Gasteiger charge is -2.13. The number of rotatable bonds is 1. The van der Waals surface area contributed by atoms with Crippen molar-refractivity contribution in [3.63, 3.8) is 0 Å². The van der Waals surface area contributed by atoms with E-state index >= 15 is 0 Å². The quantitative estimate of drug-likeness (QED) is 0.347. The van der Waals surface area contributed by atoms with E-state index in [0.717, 1.165) is 0 Å². The summed E-state index contributed by atoms with van der Waals surface area (Å²) in [5.41, 5.74) is 0. The maximum Gasteiger partial charge on any atom is 0.0662 e. The van der Waals surface area contributed by atoms with Crippen molar-refractivity contribution in [1.29, 1.82) is 0 Å². The molecule has 0 aliphatic heterocycles. The van der Waals surface area contributed by atoms with Gasteiger partial charge in [0.25, 0.3) is 0 Å². The summed E-state index contributed by atoms with van der Waals surface area (Å²) in [6.07, 6.45) is 0. The lowest BCUT2D eigenvalue weighted by atomic mass is 9.90.